The van der Waals surface area contributed by atoms with Gasteiger partial charge in [-0.3, -0.25) is 9.59 Å². The molecule has 3 N–H and O–H groups in total. The standard InChI is InChI=1S/C20H25ClFN3O4/c1-10(28-3)18(23)20(27)25-7-6-17(29-11(2)26)16(25)9-14-13-5-4-12(22)8-15(13)24-19(14)21/h4-5,8,10,16-18,24H,6-7,9,23H2,1-3H3/t10-,16-,17+,18+/m1/s1. The van der Waals surface area contributed by atoms with Crippen LogP contribution in [0.4, 0.5) is 4.39 Å². The predicted octanol–water partition coefficient (Wildman–Crippen LogP) is 2.40. The summed E-state index contributed by atoms with van der Waals surface area (Å²) in [4.78, 5) is 29.2. The van der Waals surface area contributed by atoms with Gasteiger partial charge in [-0.05, 0) is 30.7 Å². The number of H-pyrrole nitrogens is 1. The third-order valence-corrected chi connectivity index (χ3v) is 5.80. The van der Waals surface area contributed by atoms with Crippen LogP contribution in [0.1, 0.15) is 25.8 Å². The lowest BCUT2D eigenvalue weighted by Gasteiger charge is -2.31. The molecule has 1 saturated heterocycles. The van der Waals surface area contributed by atoms with Crippen LogP contribution < -0.4 is 5.73 Å². The summed E-state index contributed by atoms with van der Waals surface area (Å²) < 4.78 is 24.2. The van der Waals surface area contributed by atoms with E-state index in [4.69, 9.17) is 26.8 Å². The second kappa shape index (κ2) is 8.69. The Morgan fingerprint density at radius 1 is 1.45 bits per heavy atom. The molecule has 4 atom stereocenters. The summed E-state index contributed by atoms with van der Waals surface area (Å²) >= 11 is 6.38. The minimum absolute atomic E-state index is 0.277. The number of aromatic amines is 1. The van der Waals surface area contributed by atoms with Gasteiger partial charge in [0.05, 0.1) is 12.1 Å². The zero-order valence-corrected chi connectivity index (χ0v) is 17.3. The van der Waals surface area contributed by atoms with Gasteiger partial charge >= 0.3 is 5.97 Å². The second-order valence-electron chi connectivity index (χ2n) is 7.31. The first kappa shape index (κ1) is 21.5. The van der Waals surface area contributed by atoms with Crippen molar-refractivity contribution in [3.05, 3.63) is 34.7 Å². The van der Waals surface area contributed by atoms with E-state index in [1.165, 1.54) is 26.2 Å². The van der Waals surface area contributed by atoms with Gasteiger partial charge in [-0.2, -0.15) is 0 Å². The van der Waals surface area contributed by atoms with Gasteiger partial charge in [-0.25, -0.2) is 4.39 Å². The Morgan fingerprint density at radius 2 is 2.17 bits per heavy atom. The molecule has 0 radical (unpaired) electrons. The molecule has 0 unspecified atom stereocenters. The number of nitrogens with two attached hydrogens (primary N) is 1. The first-order valence-corrected chi connectivity index (χ1v) is 9.82. The number of rotatable bonds is 6. The van der Waals surface area contributed by atoms with Crippen LogP contribution in [0.3, 0.4) is 0 Å². The molecule has 1 aliphatic heterocycles. The maximum Gasteiger partial charge on any atom is 0.302 e. The summed E-state index contributed by atoms with van der Waals surface area (Å²) in [5.74, 6) is -1.08. The highest BCUT2D eigenvalue weighted by Crippen LogP contribution is 2.32. The molecule has 29 heavy (non-hydrogen) atoms. The number of hydrogen-bond acceptors (Lipinski definition) is 5. The van der Waals surface area contributed by atoms with E-state index in [0.29, 0.717) is 30.1 Å². The van der Waals surface area contributed by atoms with Crippen molar-refractivity contribution in [3.8, 4) is 0 Å². The molecule has 7 nitrogen and oxygen atoms in total. The number of hydrogen-bond donors (Lipinski definition) is 2. The molecule has 0 saturated carbocycles. The number of likely N-dealkylation sites (tertiary alicyclic amines) is 1. The summed E-state index contributed by atoms with van der Waals surface area (Å²) in [6.45, 7) is 3.46. The number of carbonyl (C=O) groups is 2. The number of nitrogens with one attached hydrogen (secondary N) is 1. The molecule has 1 aromatic heterocycles. The van der Waals surface area contributed by atoms with E-state index >= 15 is 0 Å². The molecule has 9 heteroatoms. The van der Waals surface area contributed by atoms with Crippen molar-refractivity contribution in [2.24, 2.45) is 5.73 Å². The molecule has 1 aromatic carbocycles. The van der Waals surface area contributed by atoms with Crippen LogP contribution in [0.2, 0.25) is 5.15 Å². The topological polar surface area (TPSA) is 97.7 Å². The zero-order valence-electron chi connectivity index (χ0n) is 16.6. The monoisotopic (exact) mass is 425 g/mol. The average molecular weight is 426 g/mol. The largest absolute Gasteiger partial charge is 0.460 e. The third kappa shape index (κ3) is 4.39. The highest BCUT2D eigenvalue weighted by atomic mass is 35.5. The minimum atomic E-state index is -0.842. The fourth-order valence-corrected chi connectivity index (χ4v) is 4.11. The quantitative estimate of drug-likeness (QED) is 0.692. The van der Waals surface area contributed by atoms with Crippen LogP contribution in [0.5, 0.6) is 0 Å². The van der Waals surface area contributed by atoms with Crippen LogP contribution in [-0.4, -0.2) is 59.7 Å². The molecular formula is C20H25ClFN3O4. The highest BCUT2D eigenvalue weighted by Gasteiger charge is 2.42. The third-order valence-electron chi connectivity index (χ3n) is 5.48. The van der Waals surface area contributed by atoms with Gasteiger partial charge in [0.15, 0.2) is 0 Å². The number of carbonyl (C=O) groups excluding carboxylic acids is 2. The number of amides is 1. The van der Waals surface area contributed by atoms with Gasteiger partial charge in [-0.15, -0.1) is 0 Å². The first-order valence-electron chi connectivity index (χ1n) is 9.44. The Hall–Kier alpha value is -2.16. The van der Waals surface area contributed by atoms with Crippen molar-refractivity contribution in [1.29, 1.82) is 0 Å². The summed E-state index contributed by atoms with van der Waals surface area (Å²) in [5.41, 5.74) is 7.37. The van der Waals surface area contributed by atoms with Gasteiger partial charge in [0.1, 0.15) is 23.1 Å². The summed E-state index contributed by atoms with van der Waals surface area (Å²) in [6.07, 6.45) is -0.112. The molecular weight excluding hydrogens is 401 g/mol. The van der Waals surface area contributed by atoms with E-state index in [1.54, 1.807) is 17.9 Å². The van der Waals surface area contributed by atoms with E-state index in [-0.39, 0.29) is 11.7 Å². The SMILES string of the molecule is CO[C@H](C)[C@H](N)C(=O)N1CC[C@H](OC(C)=O)[C@H]1Cc1c(Cl)[nH]c2cc(F)ccc12. The van der Waals surface area contributed by atoms with Crippen LogP contribution >= 0.6 is 11.6 Å². The lowest BCUT2D eigenvalue weighted by molar-refractivity contribution is -0.150. The number of halogens is 2. The molecule has 1 amide bonds. The molecule has 1 aliphatic rings. The summed E-state index contributed by atoms with van der Waals surface area (Å²) in [6, 6.07) is 3.08. The van der Waals surface area contributed by atoms with Gasteiger partial charge < -0.3 is 25.1 Å². The molecule has 2 aromatic rings. The maximum atomic E-state index is 13.6. The van der Waals surface area contributed by atoms with Gasteiger partial charge in [0.2, 0.25) is 5.91 Å². The lowest BCUT2D eigenvalue weighted by Crippen LogP contribution is -2.53. The molecule has 1 fully saturated rings. The smallest absolute Gasteiger partial charge is 0.302 e. The molecule has 2 heterocycles. The van der Waals surface area contributed by atoms with Crippen molar-refractivity contribution >= 4 is 34.4 Å². The number of methoxy groups -OCH3 is 1. The van der Waals surface area contributed by atoms with Crippen molar-refractivity contribution in [3.63, 3.8) is 0 Å². The van der Waals surface area contributed by atoms with Crippen LogP contribution in [0.25, 0.3) is 10.9 Å². The molecule has 0 spiro atoms. The predicted molar refractivity (Wildman–Crippen MR) is 107 cm³/mol. The number of nitrogens with zero attached hydrogens (tertiary/aromatic N) is 1. The number of esters is 1. The van der Waals surface area contributed by atoms with Gasteiger partial charge in [0, 0.05) is 44.3 Å². The van der Waals surface area contributed by atoms with Gasteiger partial charge in [-0.1, -0.05) is 11.6 Å². The average Bonchev–Trinajstić information content (AvgIpc) is 3.20. The van der Waals surface area contributed by atoms with Crippen molar-refractivity contribution < 1.29 is 23.5 Å². The van der Waals surface area contributed by atoms with Gasteiger partial charge in [0.25, 0.3) is 0 Å². The van der Waals surface area contributed by atoms with Crippen molar-refractivity contribution in [2.75, 3.05) is 13.7 Å². The van der Waals surface area contributed by atoms with Crippen molar-refractivity contribution in [2.45, 2.75) is 51.0 Å². The normalized spacial score (nSPS) is 21.4. The second-order valence-corrected chi connectivity index (χ2v) is 7.69. The fourth-order valence-electron chi connectivity index (χ4n) is 3.83. The molecule has 158 valence electrons. The minimum Gasteiger partial charge on any atom is -0.460 e. The molecule has 3 rings (SSSR count). The zero-order chi connectivity index (χ0) is 21.3. The Labute approximate surface area is 173 Å². The summed E-state index contributed by atoms with van der Waals surface area (Å²) in [5, 5.41) is 1.12. The first-order chi connectivity index (χ1) is 13.7. The van der Waals surface area contributed by atoms with Crippen LogP contribution in [0, 0.1) is 5.82 Å². The fraction of sp³-hybridized carbons (Fsp3) is 0.500. The number of benzene rings is 1. The Balaban J connectivity index is 1.94. The Bertz CT molecular complexity index is 919. The van der Waals surface area contributed by atoms with E-state index in [9.17, 15) is 14.0 Å². The highest BCUT2D eigenvalue weighted by molar-refractivity contribution is 6.31. The number of ether oxygens (including phenoxy) is 2. The van der Waals surface area contributed by atoms with Crippen LogP contribution in [-0.2, 0) is 25.5 Å². The molecule has 0 bridgehead atoms. The van der Waals surface area contributed by atoms with Crippen LogP contribution in [0.15, 0.2) is 18.2 Å². The van der Waals surface area contributed by atoms with Crippen molar-refractivity contribution in [1.82, 2.24) is 9.88 Å². The summed E-state index contributed by atoms with van der Waals surface area (Å²) in [7, 11) is 1.49. The molecule has 0 aliphatic carbocycles. The van der Waals surface area contributed by atoms with E-state index in [2.05, 4.69) is 4.98 Å². The number of aromatic nitrogens is 1. The number of fused-ring (bicyclic) bond motifs is 1. The lowest BCUT2D eigenvalue weighted by atomic mass is 10.00. The van der Waals surface area contributed by atoms with E-state index in [0.717, 1.165) is 10.9 Å². The maximum absolute atomic E-state index is 13.6. The Kier molecular flexibility index (Phi) is 6.45. The van der Waals surface area contributed by atoms with E-state index < -0.39 is 30.3 Å². The van der Waals surface area contributed by atoms with E-state index in [1.807, 2.05) is 0 Å². The Morgan fingerprint density at radius 3 is 2.83 bits per heavy atom.